The van der Waals surface area contributed by atoms with Crippen LogP contribution < -0.4 is 5.32 Å². The van der Waals surface area contributed by atoms with Gasteiger partial charge in [0.25, 0.3) is 0 Å². The standard InChI is InChI=1S/C20H32N4O2S.HI/c1-4-5-9-14-23(3)20(21-2)22-17-18-12-15-24(16-13-18)27(25,26)19-10-7-6-8-11-19;/h4,6-8,10-11,18H,1,5,9,12-17H2,2-3H3,(H,21,22);1H. The van der Waals surface area contributed by atoms with E-state index in [2.05, 4.69) is 21.8 Å². The van der Waals surface area contributed by atoms with Crippen molar-refractivity contribution >= 4 is 40.0 Å². The first-order valence-electron chi connectivity index (χ1n) is 9.57. The molecular formula is C20H33IN4O2S. The minimum absolute atomic E-state index is 0. The molecule has 0 amide bonds. The van der Waals surface area contributed by atoms with Gasteiger partial charge in [0.05, 0.1) is 4.90 Å². The third-order valence-corrected chi connectivity index (χ3v) is 6.89. The van der Waals surface area contributed by atoms with Crippen LogP contribution in [0.5, 0.6) is 0 Å². The van der Waals surface area contributed by atoms with Crippen molar-refractivity contribution in [2.75, 3.05) is 40.3 Å². The number of sulfonamides is 1. The van der Waals surface area contributed by atoms with Gasteiger partial charge in [-0.2, -0.15) is 4.31 Å². The molecule has 0 atom stereocenters. The summed E-state index contributed by atoms with van der Waals surface area (Å²) in [5.41, 5.74) is 0. The van der Waals surface area contributed by atoms with Gasteiger partial charge in [-0.3, -0.25) is 4.99 Å². The molecule has 2 rings (SSSR count). The average molecular weight is 520 g/mol. The summed E-state index contributed by atoms with van der Waals surface area (Å²) in [4.78, 5) is 6.85. The fourth-order valence-electron chi connectivity index (χ4n) is 3.29. The van der Waals surface area contributed by atoms with Gasteiger partial charge in [-0.1, -0.05) is 24.3 Å². The van der Waals surface area contributed by atoms with E-state index in [4.69, 9.17) is 0 Å². The van der Waals surface area contributed by atoms with Gasteiger partial charge >= 0.3 is 0 Å². The zero-order chi connectivity index (χ0) is 19.7. The topological polar surface area (TPSA) is 65.0 Å². The van der Waals surface area contributed by atoms with Crippen molar-refractivity contribution in [2.45, 2.75) is 30.6 Å². The van der Waals surface area contributed by atoms with E-state index in [-0.39, 0.29) is 24.0 Å². The molecule has 0 aromatic heterocycles. The predicted octanol–water partition coefficient (Wildman–Crippen LogP) is 3.18. The maximum absolute atomic E-state index is 12.7. The van der Waals surface area contributed by atoms with Crippen molar-refractivity contribution in [3.63, 3.8) is 0 Å². The van der Waals surface area contributed by atoms with Crippen molar-refractivity contribution < 1.29 is 8.42 Å². The Labute approximate surface area is 187 Å². The van der Waals surface area contributed by atoms with E-state index in [0.717, 1.165) is 44.7 Å². The van der Waals surface area contributed by atoms with E-state index in [1.54, 1.807) is 35.6 Å². The monoisotopic (exact) mass is 520 g/mol. The quantitative estimate of drug-likeness (QED) is 0.188. The normalized spacial score (nSPS) is 16.3. The summed E-state index contributed by atoms with van der Waals surface area (Å²) in [7, 11) is 0.453. The predicted molar refractivity (Wildman–Crippen MR) is 127 cm³/mol. The molecule has 0 bridgehead atoms. The molecular weight excluding hydrogens is 487 g/mol. The molecule has 0 aliphatic carbocycles. The van der Waals surface area contributed by atoms with E-state index in [0.29, 0.717) is 23.9 Å². The Morgan fingerprint density at radius 3 is 2.54 bits per heavy atom. The van der Waals surface area contributed by atoms with Crippen LogP contribution >= 0.6 is 24.0 Å². The lowest BCUT2D eigenvalue weighted by Crippen LogP contribution is -2.44. The number of hydrogen-bond donors (Lipinski definition) is 1. The fourth-order valence-corrected chi connectivity index (χ4v) is 4.79. The van der Waals surface area contributed by atoms with Crippen LogP contribution in [0.4, 0.5) is 0 Å². The maximum atomic E-state index is 12.7. The molecule has 1 saturated heterocycles. The van der Waals surface area contributed by atoms with Crippen LogP contribution in [0, 0.1) is 5.92 Å². The zero-order valence-electron chi connectivity index (χ0n) is 16.9. The van der Waals surface area contributed by atoms with E-state index >= 15 is 0 Å². The lowest BCUT2D eigenvalue weighted by Gasteiger charge is -2.32. The molecule has 8 heteroatoms. The van der Waals surface area contributed by atoms with Crippen molar-refractivity contribution in [1.82, 2.24) is 14.5 Å². The molecule has 0 radical (unpaired) electrons. The van der Waals surface area contributed by atoms with Gasteiger partial charge < -0.3 is 10.2 Å². The summed E-state index contributed by atoms with van der Waals surface area (Å²) in [6.45, 7) is 6.63. The Kier molecular flexibility index (Phi) is 11.1. The van der Waals surface area contributed by atoms with Crippen molar-refractivity contribution in [1.29, 1.82) is 0 Å². The summed E-state index contributed by atoms with van der Waals surface area (Å²) in [6.07, 6.45) is 5.69. The Hall–Kier alpha value is -1.13. The van der Waals surface area contributed by atoms with Crippen LogP contribution in [0.2, 0.25) is 0 Å². The molecule has 1 aromatic rings. The summed E-state index contributed by atoms with van der Waals surface area (Å²) >= 11 is 0. The summed E-state index contributed by atoms with van der Waals surface area (Å²) in [5.74, 6) is 1.34. The molecule has 1 aromatic carbocycles. The second kappa shape index (κ2) is 12.4. The second-order valence-electron chi connectivity index (χ2n) is 6.94. The van der Waals surface area contributed by atoms with Crippen LogP contribution in [0.3, 0.4) is 0 Å². The minimum atomic E-state index is -3.37. The van der Waals surface area contributed by atoms with Crippen LogP contribution in [-0.2, 0) is 10.0 Å². The molecule has 1 fully saturated rings. The lowest BCUT2D eigenvalue weighted by molar-refractivity contribution is 0.272. The highest BCUT2D eigenvalue weighted by Gasteiger charge is 2.29. The van der Waals surface area contributed by atoms with Crippen LogP contribution in [0.1, 0.15) is 25.7 Å². The Morgan fingerprint density at radius 2 is 1.96 bits per heavy atom. The van der Waals surface area contributed by atoms with Gasteiger partial charge in [0.2, 0.25) is 10.0 Å². The zero-order valence-corrected chi connectivity index (χ0v) is 20.0. The van der Waals surface area contributed by atoms with E-state index < -0.39 is 10.0 Å². The largest absolute Gasteiger partial charge is 0.356 e. The van der Waals surface area contributed by atoms with Gasteiger partial charge in [-0.15, -0.1) is 30.6 Å². The van der Waals surface area contributed by atoms with Gasteiger partial charge in [-0.25, -0.2) is 8.42 Å². The number of nitrogens with one attached hydrogen (secondary N) is 1. The highest BCUT2D eigenvalue weighted by Crippen LogP contribution is 2.23. The maximum Gasteiger partial charge on any atom is 0.243 e. The summed E-state index contributed by atoms with van der Waals surface area (Å²) in [6, 6.07) is 8.68. The van der Waals surface area contributed by atoms with Gasteiger partial charge in [-0.05, 0) is 43.7 Å². The number of benzene rings is 1. The number of piperidine rings is 1. The number of aliphatic imine (C=N–C) groups is 1. The Morgan fingerprint density at radius 1 is 1.32 bits per heavy atom. The van der Waals surface area contributed by atoms with Crippen LogP contribution in [-0.4, -0.2) is 63.9 Å². The fraction of sp³-hybridized carbons (Fsp3) is 0.550. The van der Waals surface area contributed by atoms with Crippen LogP contribution in [0.15, 0.2) is 52.9 Å². The third kappa shape index (κ3) is 7.04. The number of guanidine groups is 1. The third-order valence-electron chi connectivity index (χ3n) is 4.98. The molecule has 158 valence electrons. The lowest BCUT2D eigenvalue weighted by atomic mass is 9.98. The molecule has 0 saturated carbocycles. The molecule has 0 unspecified atom stereocenters. The van der Waals surface area contributed by atoms with E-state index in [1.165, 1.54) is 0 Å². The number of unbranched alkanes of at least 4 members (excludes halogenated alkanes) is 1. The highest BCUT2D eigenvalue weighted by molar-refractivity contribution is 14.0. The van der Waals surface area contributed by atoms with Crippen molar-refractivity contribution in [2.24, 2.45) is 10.9 Å². The first kappa shape index (κ1) is 24.9. The number of allylic oxidation sites excluding steroid dienone is 1. The van der Waals surface area contributed by atoms with E-state index in [9.17, 15) is 8.42 Å². The molecule has 6 nitrogen and oxygen atoms in total. The second-order valence-corrected chi connectivity index (χ2v) is 8.88. The molecule has 0 spiro atoms. The van der Waals surface area contributed by atoms with Crippen molar-refractivity contribution in [3.05, 3.63) is 43.0 Å². The van der Waals surface area contributed by atoms with Gasteiger partial charge in [0.15, 0.2) is 5.96 Å². The molecule has 1 N–H and O–H groups in total. The number of nitrogens with zero attached hydrogens (tertiary/aromatic N) is 3. The number of hydrogen-bond acceptors (Lipinski definition) is 3. The first-order valence-corrected chi connectivity index (χ1v) is 11.0. The number of rotatable bonds is 8. The summed E-state index contributed by atoms with van der Waals surface area (Å²) in [5, 5.41) is 3.43. The molecule has 1 aliphatic heterocycles. The minimum Gasteiger partial charge on any atom is -0.356 e. The Bertz CT molecular complexity index is 717. The highest BCUT2D eigenvalue weighted by atomic mass is 127. The average Bonchev–Trinajstić information content (AvgIpc) is 2.69. The van der Waals surface area contributed by atoms with Crippen molar-refractivity contribution in [3.8, 4) is 0 Å². The smallest absolute Gasteiger partial charge is 0.243 e. The van der Waals surface area contributed by atoms with Gasteiger partial charge in [0, 0.05) is 40.3 Å². The Balaban J connectivity index is 0.00000392. The first-order chi connectivity index (χ1) is 13.0. The summed E-state index contributed by atoms with van der Waals surface area (Å²) < 4.78 is 27.0. The molecule has 28 heavy (non-hydrogen) atoms. The van der Waals surface area contributed by atoms with E-state index in [1.807, 2.05) is 19.2 Å². The van der Waals surface area contributed by atoms with Crippen LogP contribution in [0.25, 0.3) is 0 Å². The molecule has 1 aliphatic rings. The SMILES string of the molecule is C=CCCCN(C)C(=NC)NCC1CCN(S(=O)(=O)c2ccccc2)CC1.I. The number of halogens is 1. The molecule has 1 heterocycles. The van der Waals surface area contributed by atoms with Gasteiger partial charge in [0.1, 0.15) is 0 Å².